The highest BCUT2D eigenvalue weighted by molar-refractivity contribution is 6.09. The van der Waals surface area contributed by atoms with E-state index >= 15 is 0 Å². The summed E-state index contributed by atoms with van der Waals surface area (Å²) < 4.78 is 10.1. The molecule has 0 fully saturated rings. The Bertz CT molecular complexity index is 1190. The number of Topliss-reactive ketones (excluding diaryl/α,β-unsaturated/α-hetero) is 1. The van der Waals surface area contributed by atoms with Crippen molar-refractivity contribution in [1.29, 1.82) is 0 Å². The van der Waals surface area contributed by atoms with Crippen molar-refractivity contribution in [2.45, 2.75) is 18.8 Å². The first-order valence-corrected chi connectivity index (χ1v) is 9.29. The lowest BCUT2D eigenvalue weighted by molar-refractivity contribution is 0.0601. The van der Waals surface area contributed by atoms with Gasteiger partial charge >= 0.3 is 5.97 Å². The third-order valence-corrected chi connectivity index (χ3v) is 5.08. The Morgan fingerprint density at radius 1 is 1.10 bits per heavy atom. The minimum atomic E-state index is -0.726. The first-order chi connectivity index (χ1) is 14.5. The van der Waals surface area contributed by atoms with Crippen molar-refractivity contribution in [3.8, 4) is 0 Å². The van der Waals surface area contributed by atoms with Gasteiger partial charge < -0.3 is 19.5 Å². The lowest BCUT2D eigenvalue weighted by Crippen LogP contribution is -2.29. The van der Waals surface area contributed by atoms with Crippen molar-refractivity contribution in [3.63, 3.8) is 0 Å². The number of ketones is 1. The average Bonchev–Trinajstić information content (AvgIpc) is 3.28. The SMILES string of the molecule is COC(=O)c1ccccc1NC(=O)c1cc2c([nH]c1=O)C[C@H](c1ccco1)CC2=O. The molecule has 1 atom stereocenters. The Morgan fingerprint density at radius 2 is 1.90 bits per heavy atom. The quantitative estimate of drug-likeness (QED) is 0.643. The second-order valence-corrected chi connectivity index (χ2v) is 6.94. The average molecular weight is 406 g/mol. The summed E-state index contributed by atoms with van der Waals surface area (Å²) in [4.78, 5) is 52.5. The van der Waals surface area contributed by atoms with Gasteiger partial charge in [0.05, 0.1) is 24.6 Å². The van der Waals surface area contributed by atoms with Gasteiger partial charge in [-0.2, -0.15) is 0 Å². The molecule has 0 unspecified atom stereocenters. The fraction of sp³-hybridized carbons (Fsp3) is 0.182. The van der Waals surface area contributed by atoms with Gasteiger partial charge in [0.1, 0.15) is 11.3 Å². The zero-order valence-electron chi connectivity index (χ0n) is 16.1. The van der Waals surface area contributed by atoms with Crippen molar-refractivity contribution < 1.29 is 23.5 Å². The summed E-state index contributed by atoms with van der Waals surface area (Å²) in [6.07, 6.45) is 2.19. The number of esters is 1. The van der Waals surface area contributed by atoms with E-state index in [0.717, 1.165) is 0 Å². The van der Waals surface area contributed by atoms with E-state index in [0.29, 0.717) is 23.4 Å². The van der Waals surface area contributed by atoms with Crippen molar-refractivity contribution in [2.75, 3.05) is 12.4 Å². The largest absolute Gasteiger partial charge is 0.469 e. The van der Waals surface area contributed by atoms with Crippen molar-refractivity contribution in [2.24, 2.45) is 0 Å². The molecule has 152 valence electrons. The molecule has 30 heavy (non-hydrogen) atoms. The van der Waals surface area contributed by atoms with Crippen LogP contribution in [0, 0.1) is 0 Å². The molecule has 1 aliphatic rings. The lowest BCUT2D eigenvalue weighted by Gasteiger charge is -2.22. The normalized spacial score (nSPS) is 15.4. The van der Waals surface area contributed by atoms with Crippen LogP contribution in [-0.4, -0.2) is 29.8 Å². The number of benzene rings is 1. The van der Waals surface area contributed by atoms with Crippen LogP contribution < -0.4 is 10.9 Å². The van der Waals surface area contributed by atoms with Gasteiger partial charge in [0.15, 0.2) is 5.78 Å². The van der Waals surface area contributed by atoms with Crippen LogP contribution >= 0.6 is 0 Å². The molecule has 1 aliphatic carbocycles. The van der Waals surface area contributed by atoms with E-state index in [9.17, 15) is 19.2 Å². The van der Waals surface area contributed by atoms with Crippen LogP contribution in [0.15, 0.2) is 57.9 Å². The lowest BCUT2D eigenvalue weighted by atomic mass is 9.84. The number of para-hydroxylation sites is 1. The molecular formula is C22H18N2O6. The molecule has 0 bridgehead atoms. The van der Waals surface area contributed by atoms with Crippen molar-refractivity contribution in [3.05, 3.63) is 87.2 Å². The summed E-state index contributed by atoms with van der Waals surface area (Å²) in [5.41, 5.74) is 0.316. The molecule has 1 aromatic carbocycles. The van der Waals surface area contributed by atoms with E-state index in [1.54, 1.807) is 24.3 Å². The second-order valence-electron chi connectivity index (χ2n) is 6.94. The van der Waals surface area contributed by atoms with E-state index in [1.807, 2.05) is 0 Å². The van der Waals surface area contributed by atoms with Gasteiger partial charge in [-0.05, 0) is 36.8 Å². The predicted molar refractivity (Wildman–Crippen MR) is 107 cm³/mol. The number of H-pyrrole nitrogens is 1. The summed E-state index contributed by atoms with van der Waals surface area (Å²) in [7, 11) is 1.23. The molecule has 0 aliphatic heterocycles. The maximum Gasteiger partial charge on any atom is 0.339 e. The van der Waals surface area contributed by atoms with Gasteiger partial charge in [0, 0.05) is 23.6 Å². The van der Waals surface area contributed by atoms with Crippen LogP contribution in [-0.2, 0) is 11.2 Å². The number of rotatable bonds is 4. The van der Waals surface area contributed by atoms with Gasteiger partial charge in [0.2, 0.25) is 0 Å². The van der Waals surface area contributed by atoms with Crippen LogP contribution in [0.4, 0.5) is 5.69 Å². The number of pyridine rings is 1. The number of nitrogens with one attached hydrogen (secondary N) is 2. The number of ether oxygens (including phenoxy) is 1. The van der Waals surface area contributed by atoms with E-state index < -0.39 is 17.4 Å². The van der Waals surface area contributed by atoms with Gasteiger partial charge in [-0.15, -0.1) is 0 Å². The van der Waals surface area contributed by atoms with E-state index in [2.05, 4.69) is 10.3 Å². The summed E-state index contributed by atoms with van der Waals surface area (Å²) in [6.45, 7) is 0. The highest BCUT2D eigenvalue weighted by atomic mass is 16.5. The number of carbonyl (C=O) groups excluding carboxylic acids is 3. The maximum absolute atomic E-state index is 12.7. The molecular weight excluding hydrogens is 388 g/mol. The molecule has 1 amide bonds. The van der Waals surface area contributed by atoms with E-state index in [1.165, 1.54) is 31.6 Å². The van der Waals surface area contributed by atoms with Crippen LogP contribution in [0.25, 0.3) is 0 Å². The fourth-order valence-electron chi connectivity index (χ4n) is 3.59. The second kappa shape index (κ2) is 7.82. The highest BCUT2D eigenvalue weighted by Crippen LogP contribution is 2.31. The number of anilines is 1. The molecule has 0 saturated carbocycles. The smallest absolute Gasteiger partial charge is 0.339 e. The Balaban J connectivity index is 1.64. The van der Waals surface area contributed by atoms with Crippen LogP contribution in [0.1, 0.15) is 54.9 Å². The Labute approximate surface area is 170 Å². The molecule has 8 nitrogen and oxygen atoms in total. The topological polar surface area (TPSA) is 118 Å². The Hall–Kier alpha value is -3.94. The number of aromatic amines is 1. The minimum Gasteiger partial charge on any atom is -0.469 e. The fourth-order valence-corrected chi connectivity index (χ4v) is 3.59. The molecule has 0 radical (unpaired) electrons. The van der Waals surface area contributed by atoms with Crippen LogP contribution in [0.3, 0.4) is 0 Å². The molecule has 0 spiro atoms. The zero-order valence-corrected chi connectivity index (χ0v) is 16.1. The number of furan rings is 1. The first kappa shape index (κ1) is 19.4. The number of hydrogen-bond donors (Lipinski definition) is 2. The van der Waals surface area contributed by atoms with Crippen LogP contribution in [0.5, 0.6) is 0 Å². The van der Waals surface area contributed by atoms with E-state index in [-0.39, 0.29) is 34.9 Å². The first-order valence-electron chi connectivity index (χ1n) is 9.29. The zero-order chi connectivity index (χ0) is 21.3. The number of amides is 1. The van der Waals surface area contributed by atoms with E-state index in [4.69, 9.17) is 9.15 Å². The van der Waals surface area contributed by atoms with Crippen LogP contribution in [0.2, 0.25) is 0 Å². The molecule has 4 rings (SSSR count). The van der Waals surface area contributed by atoms with Gasteiger partial charge in [-0.25, -0.2) is 4.79 Å². The number of aromatic nitrogens is 1. The number of hydrogen-bond acceptors (Lipinski definition) is 6. The number of carbonyl (C=O) groups is 3. The molecule has 2 heterocycles. The number of fused-ring (bicyclic) bond motifs is 1. The van der Waals surface area contributed by atoms with Gasteiger partial charge in [-0.3, -0.25) is 14.4 Å². The van der Waals surface area contributed by atoms with Gasteiger partial charge in [0.25, 0.3) is 11.5 Å². The van der Waals surface area contributed by atoms with Gasteiger partial charge in [-0.1, -0.05) is 12.1 Å². The maximum atomic E-state index is 12.7. The third kappa shape index (κ3) is 3.55. The summed E-state index contributed by atoms with van der Waals surface area (Å²) in [6, 6.07) is 11.1. The molecule has 8 heteroatoms. The monoisotopic (exact) mass is 406 g/mol. The summed E-state index contributed by atoms with van der Waals surface area (Å²) in [5.74, 6) is -1.02. The third-order valence-electron chi connectivity index (χ3n) is 5.08. The molecule has 2 aromatic heterocycles. The Kier molecular flexibility index (Phi) is 5.05. The minimum absolute atomic E-state index is 0.153. The molecule has 0 saturated heterocycles. The Morgan fingerprint density at radius 3 is 2.63 bits per heavy atom. The highest BCUT2D eigenvalue weighted by Gasteiger charge is 2.30. The van der Waals surface area contributed by atoms with Crippen molar-refractivity contribution in [1.82, 2.24) is 4.98 Å². The van der Waals surface area contributed by atoms with Crippen molar-refractivity contribution >= 4 is 23.3 Å². The summed E-state index contributed by atoms with van der Waals surface area (Å²) in [5, 5.41) is 2.55. The number of methoxy groups -OCH3 is 1. The predicted octanol–water partition coefficient (Wildman–Crippen LogP) is 2.92. The molecule has 3 aromatic rings. The molecule has 2 N–H and O–H groups in total. The summed E-state index contributed by atoms with van der Waals surface area (Å²) >= 11 is 0. The standard InChI is InChI=1S/C22H18N2O6/c1-29-22(28)13-5-2-3-6-16(13)23-20(26)15-11-14-17(24-21(15)27)9-12(10-18(14)25)19-7-4-8-30-19/h2-8,11-12H,9-10H2,1H3,(H,23,26)(H,24,27)/t12-/m0/s1.